The highest BCUT2D eigenvalue weighted by Crippen LogP contribution is 2.37. The van der Waals surface area contributed by atoms with Crippen LogP contribution in [0, 0.1) is 11.3 Å². The number of rotatable bonds is 8. The quantitative estimate of drug-likeness (QED) is 0.172. The molecule has 39 heavy (non-hydrogen) atoms. The molecule has 0 fully saturated rings. The van der Waals surface area contributed by atoms with Gasteiger partial charge in [0.05, 0.1) is 18.0 Å². The molecule has 0 aliphatic carbocycles. The summed E-state index contributed by atoms with van der Waals surface area (Å²) in [7, 11) is 0. The van der Waals surface area contributed by atoms with Gasteiger partial charge in [0.15, 0.2) is 0 Å². The number of hydrogen-bond donors (Lipinski definition) is 1. The number of anilines is 1. The number of amides is 1. The van der Waals surface area contributed by atoms with E-state index in [4.69, 9.17) is 4.74 Å². The van der Waals surface area contributed by atoms with Gasteiger partial charge in [0.2, 0.25) is 0 Å². The molecule has 190 valence electrons. The van der Waals surface area contributed by atoms with Crippen LogP contribution in [0.2, 0.25) is 0 Å². The van der Waals surface area contributed by atoms with Crippen LogP contribution in [0.25, 0.3) is 34.3 Å². The van der Waals surface area contributed by atoms with Gasteiger partial charge in [-0.05, 0) is 54.5 Å². The fourth-order valence-corrected chi connectivity index (χ4v) is 4.53. The first-order valence-electron chi connectivity index (χ1n) is 12.8. The number of carbonyl (C=O) groups is 1. The lowest BCUT2D eigenvalue weighted by Gasteiger charge is -2.15. The van der Waals surface area contributed by atoms with Crippen LogP contribution in [0.3, 0.4) is 0 Å². The normalized spacial score (nSPS) is 11.0. The number of nitriles is 1. The smallest absolute Gasteiger partial charge is 0.266 e. The number of ether oxygens (including phenoxy) is 1. The third-order valence-corrected chi connectivity index (χ3v) is 6.23. The Morgan fingerprint density at radius 3 is 2.13 bits per heavy atom. The van der Waals surface area contributed by atoms with E-state index in [1.54, 1.807) is 24.3 Å². The van der Waals surface area contributed by atoms with E-state index in [1.807, 2.05) is 85.8 Å². The van der Waals surface area contributed by atoms with Crippen LogP contribution in [0.1, 0.15) is 12.5 Å². The monoisotopic (exact) mass is 509 g/mol. The van der Waals surface area contributed by atoms with E-state index >= 15 is 0 Å². The molecule has 0 saturated heterocycles. The van der Waals surface area contributed by atoms with E-state index in [9.17, 15) is 10.1 Å². The van der Waals surface area contributed by atoms with Crippen molar-refractivity contribution in [3.8, 4) is 40.0 Å². The minimum Gasteiger partial charge on any atom is -0.494 e. The standard InChI is InChI=1S/C34H27N3O2/c1-2-39-31-20-12-17-29(23-31)36-34(38)28(24-35)21-27-22-32(25-13-6-3-7-14-25)37(30-18-10-5-11-19-30)33(27)26-15-8-4-9-16-26/h3-23H,2H2,1H3,(H,36,38)/b28-21+. The molecule has 0 spiro atoms. The van der Waals surface area contributed by atoms with Crippen molar-refractivity contribution >= 4 is 17.7 Å². The van der Waals surface area contributed by atoms with E-state index in [-0.39, 0.29) is 5.57 Å². The largest absolute Gasteiger partial charge is 0.494 e. The van der Waals surface area contributed by atoms with Gasteiger partial charge in [-0.2, -0.15) is 5.26 Å². The minimum atomic E-state index is -0.487. The summed E-state index contributed by atoms with van der Waals surface area (Å²) in [4.78, 5) is 13.2. The van der Waals surface area contributed by atoms with Gasteiger partial charge in [-0.25, -0.2) is 0 Å². The molecule has 0 unspecified atom stereocenters. The molecule has 1 heterocycles. The van der Waals surface area contributed by atoms with Crippen molar-refractivity contribution in [2.45, 2.75) is 6.92 Å². The fourth-order valence-electron chi connectivity index (χ4n) is 4.53. The Morgan fingerprint density at radius 1 is 0.846 bits per heavy atom. The van der Waals surface area contributed by atoms with Gasteiger partial charge in [-0.1, -0.05) is 84.9 Å². The van der Waals surface area contributed by atoms with E-state index in [0.717, 1.165) is 33.8 Å². The number of nitrogens with one attached hydrogen (secondary N) is 1. The van der Waals surface area contributed by atoms with E-state index < -0.39 is 5.91 Å². The molecule has 1 N–H and O–H groups in total. The zero-order valence-corrected chi connectivity index (χ0v) is 21.5. The molecule has 5 heteroatoms. The zero-order valence-electron chi connectivity index (χ0n) is 21.5. The van der Waals surface area contributed by atoms with Crippen LogP contribution < -0.4 is 10.1 Å². The lowest BCUT2D eigenvalue weighted by Crippen LogP contribution is -2.13. The zero-order chi connectivity index (χ0) is 27.0. The van der Waals surface area contributed by atoms with Crippen LogP contribution in [0.15, 0.2) is 127 Å². The second kappa shape index (κ2) is 11.8. The van der Waals surface area contributed by atoms with Crippen molar-refractivity contribution in [3.63, 3.8) is 0 Å². The number of para-hydroxylation sites is 1. The predicted molar refractivity (Wildman–Crippen MR) is 156 cm³/mol. The molecular weight excluding hydrogens is 482 g/mol. The maximum Gasteiger partial charge on any atom is 0.266 e. The molecule has 5 aromatic rings. The summed E-state index contributed by atoms with van der Waals surface area (Å²) in [5.74, 6) is 0.162. The van der Waals surface area contributed by atoms with Crippen LogP contribution in [-0.4, -0.2) is 17.1 Å². The van der Waals surface area contributed by atoms with Crippen LogP contribution in [0.4, 0.5) is 5.69 Å². The number of aromatic nitrogens is 1. The Bertz CT molecular complexity index is 1650. The molecule has 0 aliphatic heterocycles. The summed E-state index contributed by atoms with van der Waals surface area (Å²) in [6, 6.07) is 41.5. The van der Waals surface area contributed by atoms with Crippen LogP contribution in [0.5, 0.6) is 5.75 Å². The average molecular weight is 510 g/mol. The second-order valence-corrected chi connectivity index (χ2v) is 8.82. The maximum absolute atomic E-state index is 13.2. The highest BCUT2D eigenvalue weighted by atomic mass is 16.5. The van der Waals surface area contributed by atoms with E-state index in [0.29, 0.717) is 18.0 Å². The third kappa shape index (κ3) is 5.66. The van der Waals surface area contributed by atoms with Crippen molar-refractivity contribution in [3.05, 3.63) is 132 Å². The van der Waals surface area contributed by atoms with Crippen molar-refractivity contribution in [1.82, 2.24) is 4.57 Å². The fraction of sp³-hybridized carbons (Fsp3) is 0.0588. The van der Waals surface area contributed by atoms with Gasteiger partial charge in [-0.3, -0.25) is 4.79 Å². The Kier molecular flexibility index (Phi) is 7.66. The molecule has 5 rings (SSSR count). The Hall–Kier alpha value is -5.34. The third-order valence-electron chi connectivity index (χ3n) is 6.23. The molecule has 0 atom stereocenters. The maximum atomic E-state index is 13.2. The van der Waals surface area contributed by atoms with Crippen LogP contribution >= 0.6 is 0 Å². The minimum absolute atomic E-state index is 0.00109. The summed E-state index contributed by atoms with van der Waals surface area (Å²) in [5, 5.41) is 12.9. The summed E-state index contributed by atoms with van der Waals surface area (Å²) >= 11 is 0. The van der Waals surface area contributed by atoms with Gasteiger partial charge >= 0.3 is 0 Å². The molecule has 0 saturated carbocycles. The predicted octanol–water partition coefficient (Wildman–Crippen LogP) is 7.76. The van der Waals surface area contributed by atoms with Crippen molar-refractivity contribution in [1.29, 1.82) is 5.26 Å². The molecule has 0 aliphatic rings. The van der Waals surface area contributed by atoms with E-state index in [2.05, 4.69) is 40.2 Å². The summed E-state index contributed by atoms with van der Waals surface area (Å²) in [5.41, 5.74) is 6.13. The molecule has 1 amide bonds. The van der Waals surface area contributed by atoms with Gasteiger partial charge in [0.25, 0.3) is 5.91 Å². The first-order valence-corrected chi connectivity index (χ1v) is 12.8. The highest BCUT2D eigenvalue weighted by molar-refractivity contribution is 6.10. The molecule has 0 radical (unpaired) electrons. The first-order chi connectivity index (χ1) is 19.2. The summed E-state index contributed by atoms with van der Waals surface area (Å²) in [6.07, 6.45) is 1.66. The Balaban J connectivity index is 1.66. The molecular formula is C34H27N3O2. The van der Waals surface area contributed by atoms with E-state index in [1.165, 1.54) is 0 Å². The Morgan fingerprint density at radius 2 is 1.49 bits per heavy atom. The molecule has 0 bridgehead atoms. The van der Waals surface area contributed by atoms with Crippen molar-refractivity contribution < 1.29 is 9.53 Å². The van der Waals surface area contributed by atoms with Gasteiger partial charge in [0, 0.05) is 23.0 Å². The SMILES string of the molecule is CCOc1cccc(NC(=O)/C(C#N)=C/c2cc(-c3ccccc3)n(-c3ccccc3)c2-c2ccccc2)c1. The lowest BCUT2D eigenvalue weighted by atomic mass is 10.0. The second-order valence-electron chi connectivity index (χ2n) is 8.82. The van der Waals surface area contributed by atoms with Gasteiger partial charge in [-0.15, -0.1) is 0 Å². The number of benzene rings is 4. The number of nitrogens with zero attached hydrogens (tertiary/aromatic N) is 2. The van der Waals surface area contributed by atoms with Crippen LogP contribution in [-0.2, 0) is 4.79 Å². The van der Waals surface area contributed by atoms with Gasteiger partial charge in [0.1, 0.15) is 17.4 Å². The van der Waals surface area contributed by atoms with Crippen molar-refractivity contribution in [2.24, 2.45) is 0 Å². The average Bonchev–Trinajstić information content (AvgIpc) is 3.37. The highest BCUT2D eigenvalue weighted by Gasteiger charge is 2.20. The molecule has 5 nitrogen and oxygen atoms in total. The number of carbonyl (C=O) groups excluding carboxylic acids is 1. The Labute approximate surface area is 228 Å². The number of hydrogen-bond acceptors (Lipinski definition) is 3. The summed E-state index contributed by atoms with van der Waals surface area (Å²) < 4.78 is 7.72. The molecule has 1 aromatic heterocycles. The molecule has 4 aromatic carbocycles. The summed E-state index contributed by atoms with van der Waals surface area (Å²) in [6.45, 7) is 2.42. The topological polar surface area (TPSA) is 67.0 Å². The van der Waals surface area contributed by atoms with Gasteiger partial charge < -0.3 is 14.6 Å². The first kappa shape index (κ1) is 25.3. The van der Waals surface area contributed by atoms with Crippen molar-refractivity contribution in [2.75, 3.05) is 11.9 Å². The lowest BCUT2D eigenvalue weighted by molar-refractivity contribution is -0.112.